The van der Waals surface area contributed by atoms with Crippen LogP contribution in [0.15, 0.2) is 24.3 Å². The Morgan fingerprint density at radius 3 is 2.93 bits per heavy atom. The zero-order chi connectivity index (χ0) is 10.7. The van der Waals surface area contributed by atoms with Gasteiger partial charge in [-0.2, -0.15) is 0 Å². The second kappa shape index (κ2) is 4.58. The first kappa shape index (κ1) is 10.4. The molecule has 0 bridgehead atoms. The maximum atomic E-state index is 11.5. The molecule has 0 heterocycles. The third kappa shape index (κ3) is 2.26. The fraction of sp³-hybridized carbons (Fsp3) is 0.462. The molecule has 2 heteroatoms. The smallest absolute Gasteiger partial charge is 0.133 e. The van der Waals surface area contributed by atoms with Gasteiger partial charge in [0.05, 0.1) is 0 Å². The summed E-state index contributed by atoms with van der Waals surface area (Å²) in [5.41, 5.74) is 2.73. The number of Topliss-reactive ketones (excluding diaryl/α,β-unsaturated/α-hetero) is 1. The fourth-order valence-electron chi connectivity index (χ4n) is 2.20. The second-order valence-electron chi connectivity index (χ2n) is 4.17. The number of rotatable bonds is 5. The number of ketones is 1. The summed E-state index contributed by atoms with van der Waals surface area (Å²) in [4.78, 5) is 11.5. The van der Waals surface area contributed by atoms with Gasteiger partial charge in [-0.1, -0.05) is 24.3 Å². The standard InChI is InChI=1S/C13H16O2/c14-7-3-5-12(15)9-11-8-10-4-1-2-6-13(10)11/h1-2,4,6,11,14H,3,5,7-9H2. The van der Waals surface area contributed by atoms with E-state index in [2.05, 4.69) is 12.1 Å². The number of carbonyl (C=O) groups is 1. The van der Waals surface area contributed by atoms with Gasteiger partial charge >= 0.3 is 0 Å². The first-order chi connectivity index (χ1) is 7.31. The minimum Gasteiger partial charge on any atom is -0.396 e. The number of fused-ring (bicyclic) bond motifs is 1. The quantitative estimate of drug-likeness (QED) is 0.797. The predicted molar refractivity (Wildman–Crippen MR) is 58.8 cm³/mol. The van der Waals surface area contributed by atoms with Crippen LogP contribution in [-0.4, -0.2) is 17.5 Å². The van der Waals surface area contributed by atoms with Crippen molar-refractivity contribution in [1.82, 2.24) is 0 Å². The van der Waals surface area contributed by atoms with Crippen molar-refractivity contribution in [3.63, 3.8) is 0 Å². The Kier molecular flexibility index (Phi) is 3.17. The van der Waals surface area contributed by atoms with E-state index in [-0.39, 0.29) is 12.4 Å². The molecule has 0 aromatic heterocycles. The number of hydrogen-bond acceptors (Lipinski definition) is 2. The summed E-state index contributed by atoms with van der Waals surface area (Å²) in [5.74, 6) is 0.718. The molecule has 2 nitrogen and oxygen atoms in total. The van der Waals surface area contributed by atoms with Gasteiger partial charge in [-0.25, -0.2) is 0 Å². The molecule has 1 aromatic carbocycles. The van der Waals surface area contributed by atoms with Crippen molar-refractivity contribution in [2.75, 3.05) is 6.61 Å². The van der Waals surface area contributed by atoms with E-state index in [9.17, 15) is 4.79 Å². The Morgan fingerprint density at radius 2 is 2.20 bits per heavy atom. The highest BCUT2D eigenvalue weighted by Crippen LogP contribution is 2.37. The normalized spacial score (nSPS) is 18.1. The van der Waals surface area contributed by atoms with Crippen LogP contribution in [0.3, 0.4) is 0 Å². The Balaban J connectivity index is 1.87. The molecule has 1 atom stereocenters. The third-order valence-electron chi connectivity index (χ3n) is 3.05. The maximum absolute atomic E-state index is 11.5. The first-order valence-electron chi connectivity index (χ1n) is 5.51. The van der Waals surface area contributed by atoms with Crippen LogP contribution in [0.4, 0.5) is 0 Å². The summed E-state index contributed by atoms with van der Waals surface area (Å²) < 4.78 is 0. The molecular weight excluding hydrogens is 188 g/mol. The molecule has 1 unspecified atom stereocenters. The average Bonchev–Trinajstić information content (AvgIpc) is 2.23. The van der Waals surface area contributed by atoms with Gasteiger partial charge in [-0.3, -0.25) is 4.79 Å². The molecule has 0 saturated heterocycles. The third-order valence-corrected chi connectivity index (χ3v) is 3.05. The van der Waals surface area contributed by atoms with Gasteiger partial charge in [0, 0.05) is 19.4 Å². The average molecular weight is 204 g/mol. The van der Waals surface area contributed by atoms with Crippen molar-refractivity contribution in [3.05, 3.63) is 35.4 Å². The van der Waals surface area contributed by atoms with Gasteiger partial charge in [0.1, 0.15) is 5.78 Å². The molecule has 0 aliphatic heterocycles. The summed E-state index contributed by atoms with van der Waals surface area (Å²) in [6.45, 7) is 0.118. The van der Waals surface area contributed by atoms with Crippen LogP contribution < -0.4 is 0 Å². The lowest BCUT2D eigenvalue weighted by Gasteiger charge is -2.29. The van der Waals surface area contributed by atoms with Crippen molar-refractivity contribution in [1.29, 1.82) is 0 Å². The molecule has 1 aliphatic carbocycles. The van der Waals surface area contributed by atoms with Crippen molar-refractivity contribution in [2.24, 2.45) is 0 Å². The first-order valence-corrected chi connectivity index (χ1v) is 5.51. The zero-order valence-electron chi connectivity index (χ0n) is 8.78. The fourth-order valence-corrected chi connectivity index (χ4v) is 2.20. The Bertz CT molecular complexity index is 357. The van der Waals surface area contributed by atoms with E-state index in [1.54, 1.807) is 0 Å². The predicted octanol–water partition coefficient (Wildman–Crippen LogP) is 2.06. The zero-order valence-corrected chi connectivity index (χ0v) is 8.78. The van der Waals surface area contributed by atoms with Crippen molar-refractivity contribution >= 4 is 5.78 Å². The number of hydrogen-bond donors (Lipinski definition) is 1. The molecule has 0 spiro atoms. The summed E-state index contributed by atoms with van der Waals surface area (Å²) in [6.07, 6.45) is 2.82. The van der Waals surface area contributed by atoms with E-state index in [4.69, 9.17) is 5.11 Å². The lowest BCUT2D eigenvalue weighted by atomic mass is 9.75. The molecular formula is C13H16O2. The largest absolute Gasteiger partial charge is 0.396 e. The highest BCUT2D eigenvalue weighted by atomic mass is 16.3. The topological polar surface area (TPSA) is 37.3 Å². The maximum Gasteiger partial charge on any atom is 0.133 e. The lowest BCUT2D eigenvalue weighted by molar-refractivity contribution is -0.119. The minimum absolute atomic E-state index is 0.118. The van der Waals surface area contributed by atoms with E-state index in [1.807, 2.05) is 12.1 Å². The molecule has 0 fully saturated rings. The van der Waals surface area contributed by atoms with E-state index < -0.39 is 0 Å². The van der Waals surface area contributed by atoms with E-state index >= 15 is 0 Å². The summed E-state index contributed by atoms with van der Waals surface area (Å²) in [6, 6.07) is 8.32. The highest BCUT2D eigenvalue weighted by Gasteiger charge is 2.26. The number of aliphatic hydroxyl groups is 1. The van der Waals surface area contributed by atoms with Crippen molar-refractivity contribution in [2.45, 2.75) is 31.6 Å². The van der Waals surface area contributed by atoms with Crippen molar-refractivity contribution < 1.29 is 9.90 Å². The Morgan fingerprint density at radius 1 is 1.40 bits per heavy atom. The summed E-state index contributed by atoms with van der Waals surface area (Å²) in [5, 5.41) is 8.63. The van der Waals surface area contributed by atoms with Crippen LogP contribution in [0.25, 0.3) is 0 Å². The SMILES string of the molecule is O=C(CCCO)CC1Cc2ccccc21. The van der Waals surface area contributed by atoms with Gasteiger partial charge < -0.3 is 5.11 Å². The molecule has 0 radical (unpaired) electrons. The van der Waals surface area contributed by atoms with E-state index in [0.29, 0.717) is 25.2 Å². The van der Waals surface area contributed by atoms with Gasteiger partial charge in [0.25, 0.3) is 0 Å². The van der Waals surface area contributed by atoms with Gasteiger partial charge in [-0.05, 0) is 29.9 Å². The van der Waals surface area contributed by atoms with Crippen LogP contribution in [-0.2, 0) is 11.2 Å². The minimum atomic E-state index is 0.118. The van der Waals surface area contributed by atoms with E-state index in [1.165, 1.54) is 11.1 Å². The van der Waals surface area contributed by atoms with Gasteiger partial charge in [0.2, 0.25) is 0 Å². The monoisotopic (exact) mass is 204 g/mol. The second-order valence-corrected chi connectivity index (χ2v) is 4.17. The van der Waals surface area contributed by atoms with Crippen LogP contribution in [0, 0.1) is 0 Å². The molecule has 1 aromatic rings. The van der Waals surface area contributed by atoms with Crippen molar-refractivity contribution in [3.8, 4) is 0 Å². The molecule has 15 heavy (non-hydrogen) atoms. The van der Waals surface area contributed by atoms with Crippen LogP contribution >= 0.6 is 0 Å². The molecule has 1 aliphatic rings. The summed E-state index contributed by atoms with van der Waals surface area (Å²) in [7, 11) is 0. The molecule has 0 saturated carbocycles. The van der Waals surface area contributed by atoms with Crippen LogP contribution in [0.1, 0.15) is 36.3 Å². The highest BCUT2D eigenvalue weighted by molar-refractivity contribution is 5.79. The van der Waals surface area contributed by atoms with E-state index in [0.717, 1.165) is 6.42 Å². The molecule has 2 rings (SSSR count). The summed E-state index contributed by atoms with van der Waals surface area (Å²) >= 11 is 0. The molecule has 0 amide bonds. The van der Waals surface area contributed by atoms with Crippen LogP contribution in [0.5, 0.6) is 0 Å². The number of benzene rings is 1. The Hall–Kier alpha value is -1.15. The van der Waals surface area contributed by atoms with Gasteiger partial charge in [0.15, 0.2) is 0 Å². The number of carbonyl (C=O) groups excluding carboxylic acids is 1. The molecule has 80 valence electrons. The van der Waals surface area contributed by atoms with Gasteiger partial charge in [-0.15, -0.1) is 0 Å². The lowest BCUT2D eigenvalue weighted by Crippen LogP contribution is -2.20. The van der Waals surface area contributed by atoms with Crippen LogP contribution in [0.2, 0.25) is 0 Å². The number of aliphatic hydroxyl groups excluding tert-OH is 1. The molecule has 1 N–H and O–H groups in total. The Labute approximate surface area is 89.9 Å².